The molecule has 2 aromatic heterocycles. The fourth-order valence-electron chi connectivity index (χ4n) is 10.4. The number of aryl methyl sites for hydroxylation is 6. The van der Waals surface area contributed by atoms with Crippen molar-refractivity contribution in [1.82, 2.24) is 9.13 Å². The molecule has 1 aliphatic rings. The molecule has 2 heteroatoms. The van der Waals surface area contributed by atoms with E-state index in [-0.39, 0.29) is 5.41 Å². The second kappa shape index (κ2) is 12.6. The zero-order chi connectivity index (χ0) is 35.7. The van der Waals surface area contributed by atoms with Crippen molar-refractivity contribution in [3.05, 3.63) is 143 Å². The zero-order valence-corrected chi connectivity index (χ0v) is 31.7. The molecule has 6 aromatic carbocycles. The van der Waals surface area contributed by atoms with Gasteiger partial charge in [0.15, 0.2) is 0 Å². The molecule has 9 rings (SSSR count). The van der Waals surface area contributed by atoms with E-state index in [4.69, 9.17) is 0 Å². The molecule has 1 fully saturated rings. The lowest BCUT2D eigenvalue weighted by Gasteiger charge is -2.40. The van der Waals surface area contributed by atoms with Crippen LogP contribution < -0.4 is 0 Å². The Labute approximate surface area is 308 Å². The van der Waals surface area contributed by atoms with E-state index >= 15 is 0 Å². The van der Waals surface area contributed by atoms with Crippen LogP contribution in [-0.2, 0) is 18.5 Å². The van der Waals surface area contributed by atoms with Crippen molar-refractivity contribution in [3.63, 3.8) is 0 Å². The summed E-state index contributed by atoms with van der Waals surface area (Å²) in [6.45, 7) is 15.8. The lowest BCUT2D eigenvalue weighted by Crippen LogP contribution is -2.31. The molecule has 0 aliphatic heterocycles. The predicted molar refractivity (Wildman–Crippen MR) is 224 cm³/mol. The molecule has 0 unspecified atom stereocenters. The highest BCUT2D eigenvalue weighted by molar-refractivity contribution is 6.10. The summed E-state index contributed by atoms with van der Waals surface area (Å²) < 4.78 is 4.89. The van der Waals surface area contributed by atoms with Crippen molar-refractivity contribution in [2.75, 3.05) is 0 Å². The maximum atomic E-state index is 2.54. The molecule has 0 bridgehead atoms. The number of benzene rings is 6. The molecule has 0 spiro atoms. The normalized spacial score (nSPS) is 14.7. The zero-order valence-electron chi connectivity index (χ0n) is 31.7. The van der Waals surface area contributed by atoms with Crippen LogP contribution in [0.2, 0.25) is 0 Å². The second-order valence-electron chi connectivity index (χ2n) is 15.6. The van der Waals surface area contributed by atoms with E-state index in [1.807, 2.05) is 0 Å². The van der Waals surface area contributed by atoms with Crippen LogP contribution in [0, 0.1) is 27.7 Å². The Bertz CT molecular complexity index is 2450. The third kappa shape index (κ3) is 4.90. The van der Waals surface area contributed by atoms with E-state index < -0.39 is 0 Å². The average Bonchev–Trinajstić information content (AvgIpc) is 3.66. The van der Waals surface area contributed by atoms with Gasteiger partial charge in [-0.1, -0.05) is 92.1 Å². The summed E-state index contributed by atoms with van der Waals surface area (Å²) in [7, 11) is 0. The van der Waals surface area contributed by atoms with Crippen LogP contribution in [0.4, 0.5) is 0 Å². The Balaban J connectivity index is 1.14. The van der Waals surface area contributed by atoms with Crippen molar-refractivity contribution in [3.8, 4) is 22.3 Å². The number of hydrogen-bond donors (Lipinski definition) is 0. The molecule has 1 aliphatic carbocycles. The molecule has 8 aromatic rings. The topological polar surface area (TPSA) is 9.86 Å². The smallest absolute Gasteiger partial charge is 0.0491 e. The van der Waals surface area contributed by atoms with Gasteiger partial charge in [0.2, 0.25) is 0 Å². The molecule has 0 saturated heterocycles. The van der Waals surface area contributed by atoms with Gasteiger partial charge in [0.25, 0.3) is 0 Å². The Morgan fingerprint density at radius 3 is 1.23 bits per heavy atom. The molecular weight excluding hydrogens is 629 g/mol. The number of fused-ring (bicyclic) bond motifs is 6. The van der Waals surface area contributed by atoms with Gasteiger partial charge in [-0.05, 0) is 146 Å². The minimum Gasteiger partial charge on any atom is -0.341 e. The van der Waals surface area contributed by atoms with Gasteiger partial charge < -0.3 is 9.13 Å². The van der Waals surface area contributed by atoms with Gasteiger partial charge in [-0.3, -0.25) is 0 Å². The van der Waals surface area contributed by atoms with Crippen molar-refractivity contribution >= 4 is 43.6 Å². The van der Waals surface area contributed by atoms with Gasteiger partial charge in [-0.2, -0.15) is 0 Å². The molecule has 2 heterocycles. The fourth-order valence-corrected chi connectivity index (χ4v) is 10.4. The van der Waals surface area contributed by atoms with Crippen LogP contribution in [0.25, 0.3) is 65.9 Å². The predicted octanol–water partition coefficient (Wildman–Crippen LogP) is 13.8. The molecule has 0 N–H and O–H groups in total. The summed E-state index contributed by atoms with van der Waals surface area (Å²) in [4.78, 5) is 0. The van der Waals surface area contributed by atoms with Crippen molar-refractivity contribution in [2.24, 2.45) is 0 Å². The van der Waals surface area contributed by atoms with Gasteiger partial charge in [-0.15, -0.1) is 0 Å². The molecule has 2 nitrogen and oxygen atoms in total. The van der Waals surface area contributed by atoms with Gasteiger partial charge in [0.05, 0.1) is 0 Å². The highest BCUT2D eigenvalue weighted by atomic mass is 15.0. The third-order valence-corrected chi connectivity index (χ3v) is 12.6. The summed E-state index contributed by atoms with van der Waals surface area (Å²) in [5.41, 5.74) is 19.2. The van der Waals surface area contributed by atoms with E-state index in [1.165, 1.54) is 131 Å². The highest BCUT2D eigenvalue weighted by Crippen LogP contribution is 2.48. The molecule has 0 atom stereocenters. The first-order chi connectivity index (χ1) is 25.3. The van der Waals surface area contributed by atoms with Gasteiger partial charge in [0, 0.05) is 62.1 Å². The maximum Gasteiger partial charge on any atom is 0.0491 e. The molecule has 260 valence electrons. The minimum absolute atomic E-state index is 0.0252. The highest BCUT2D eigenvalue weighted by Gasteiger charge is 2.37. The van der Waals surface area contributed by atoms with Crippen LogP contribution in [0.3, 0.4) is 0 Å². The van der Waals surface area contributed by atoms with E-state index in [0.717, 1.165) is 13.1 Å². The van der Waals surface area contributed by atoms with Crippen LogP contribution in [0.15, 0.2) is 109 Å². The summed E-state index contributed by atoms with van der Waals surface area (Å²) in [5, 5.41) is 5.39. The van der Waals surface area contributed by atoms with Gasteiger partial charge in [0.1, 0.15) is 0 Å². The van der Waals surface area contributed by atoms with Crippen LogP contribution in [0.5, 0.6) is 0 Å². The van der Waals surface area contributed by atoms with E-state index in [1.54, 1.807) is 0 Å². The summed E-state index contributed by atoms with van der Waals surface area (Å²) in [6.07, 6.45) is 6.28. The first kappa shape index (κ1) is 32.8. The molecule has 1 saturated carbocycles. The Morgan fingerprint density at radius 2 is 0.827 bits per heavy atom. The van der Waals surface area contributed by atoms with E-state index in [9.17, 15) is 0 Å². The lowest BCUT2D eigenvalue weighted by atomic mass is 9.64. The molecule has 52 heavy (non-hydrogen) atoms. The number of rotatable bonds is 6. The van der Waals surface area contributed by atoms with E-state index in [0.29, 0.717) is 0 Å². The van der Waals surface area contributed by atoms with Crippen LogP contribution in [0.1, 0.15) is 79.3 Å². The maximum absolute atomic E-state index is 2.54. The molecule has 0 radical (unpaired) electrons. The number of nitrogens with zero attached hydrogens (tertiary/aromatic N) is 2. The largest absolute Gasteiger partial charge is 0.341 e. The number of para-hydroxylation sites is 2. The third-order valence-electron chi connectivity index (χ3n) is 12.6. The van der Waals surface area contributed by atoms with E-state index in [2.05, 4.69) is 160 Å². The summed E-state index contributed by atoms with van der Waals surface area (Å²) >= 11 is 0. The van der Waals surface area contributed by atoms with Gasteiger partial charge >= 0.3 is 0 Å². The van der Waals surface area contributed by atoms with Crippen molar-refractivity contribution < 1.29 is 0 Å². The van der Waals surface area contributed by atoms with Crippen LogP contribution >= 0.6 is 0 Å². The lowest BCUT2D eigenvalue weighted by molar-refractivity contribution is 0.345. The summed E-state index contributed by atoms with van der Waals surface area (Å²) in [6, 6.07) is 42.2. The Morgan fingerprint density at radius 1 is 0.442 bits per heavy atom. The standard InChI is InChI=1S/C50H50N2/c1-7-51-44-18-12-10-16-40(44)42-30-36(20-22-46(42)51)48-32(3)26-38(27-33(48)4)50(24-14-9-15-25-50)39-28-34(5)49(35(6)29-39)37-21-23-47-43(31-37)41-17-11-13-19-45(41)52(47)8-2/h10-13,16-23,26-31H,7-9,14-15,24-25H2,1-6H3. The SMILES string of the molecule is CCn1c2ccccc2c2cc(-c3c(C)cc(C4(c5cc(C)c(-c6ccc7c(c6)c6ccccc6n7CC)c(C)c5)CCCCC4)cc3C)ccc21. The Kier molecular flexibility index (Phi) is 7.92. The van der Waals surface area contributed by atoms with Crippen molar-refractivity contribution in [1.29, 1.82) is 0 Å². The monoisotopic (exact) mass is 678 g/mol. The van der Waals surface area contributed by atoms with Crippen molar-refractivity contribution in [2.45, 2.75) is 92.2 Å². The van der Waals surface area contributed by atoms with Crippen LogP contribution in [-0.4, -0.2) is 9.13 Å². The second-order valence-corrected chi connectivity index (χ2v) is 15.6. The van der Waals surface area contributed by atoms with Gasteiger partial charge in [-0.25, -0.2) is 0 Å². The Hall–Kier alpha value is -5.08. The fraction of sp³-hybridized carbons (Fsp3) is 0.280. The first-order valence-corrected chi connectivity index (χ1v) is 19.6. The average molecular weight is 679 g/mol. The number of aromatic nitrogens is 2. The quantitative estimate of drug-likeness (QED) is 0.166. The summed E-state index contributed by atoms with van der Waals surface area (Å²) in [5.74, 6) is 0. The molecular formula is C50H50N2. The molecule has 0 amide bonds. The first-order valence-electron chi connectivity index (χ1n) is 19.6. The number of hydrogen-bond acceptors (Lipinski definition) is 0. The minimum atomic E-state index is 0.0252.